The highest BCUT2D eigenvalue weighted by Crippen LogP contribution is 2.29. The van der Waals surface area contributed by atoms with Gasteiger partial charge in [0.1, 0.15) is 8.64 Å². The summed E-state index contributed by atoms with van der Waals surface area (Å²) in [6.45, 7) is 17.9. The lowest BCUT2D eigenvalue weighted by Gasteiger charge is -2.27. The van der Waals surface area contributed by atoms with Crippen LogP contribution in [-0.4, -0.2) is 92.7 Å². The number of thiocarbonyl (C=S) groups is 2. The third-order valence-corrected chi connectivity index (χ3v) is 8.95. The normalized spacial score (nSPS) is 21.2. The van der Waals surface area contributed by atoms with E-state index in [0.717, 1.165) is 47.9 Å². The van der Waals surface area contributed by atoms with Crippen LogP contribution >= 0.6 is 46.0 Å². The zero-order chi connectivity index (χ0) is 19.1. The van der Waals surface area contributed by atoms with Gasteiger partial charge in [0, 0.05) is 64.4 Å². The first-order chi connectivity index (χ1) is 12.4. The van der Waals surface area contributed by atoms with Gasteiger partial charge in [0.15, 0.2) is 0 Å². The molecule has 0 aliphatic carbocycles. The molecule has 2 aliphatic heterocycles. The molecule has 0 radical (unpaired) electrons. The molecule has 0 spiro atoms. The molecule has 0 N–H and O–H groups in total. The Morgan fingerprint density at radius 1 is 0.615 bits per heavy atom. The first-order valence-electron chi connectivity index (χ1n) is 9.79. The molecule has 150 valence electrons. The van der Waals surface area contributed by atoms with Crippen LogP contribution in [0.1, 0.15) is 40.5 Å². The molecule has 2 heterocycles. The van der Waals surface area contributed by atoms with Crippen molar-refractivity contribution in [3.8, 4) is 0 Å². The lowest BCUT2D eigenvalue weighted by molar-refractivity contribution is 0.233. The second kappa shape index (κ2) is 11.4. The number of rotatable bonds is 2. The van der Waals surface area contributed by atoms with Crippen LogP contribution in [0.4, 0.5) is 0 Å². The lowest BCUT2D eigenvalue weighted by Crippen LogP contribution is -2.36. The molecule has 8 heteroatoms. The Kier molecular flexibility index (Phi) is 9.96. The van der Waals surface area contributed by atoms with Gasteiger partial charge in [0.05, 0.1) is 0 Å². The van der Waals surface area contributed by atoms with Crippen molar-refractivity contribution in [1.29, 1.82) is 0 Å². The van der Waals surface area contributed by atoms with Gasteiger partial charge in [-0.2, -0.15) is 0 Å². The Labute approximate surface area is 178 Å². The average molecular weight is 435 g/mol. The van der Waals surface area contributed by atoms with E-state index in [4.69, 9.17) is 24.4 Å². The lowest BCUT2D eigenvalue weighted by atomic mass is 10.3. The van der Waals surface area contributed by atoms with Gasteiger partial charge in [0.25, 0.3) is 0 Å². The first-order valence-corrected chi connectivity index (χ1v) is 12.8. The fourth-order valence-electron chi connectivity index (χ4n) is 3.45. The van der Waals surface area contributed by atoms with Crippen molar-refractivity contribution in [3.63, 3.8) is 0 Å². The zero-order valence-corrected chi connectivity index (χ0v) is 19.9. The number of hydrogen-bond donors (Lipinski definition) is 0. The maximum absolute atomic E-state index is 5.70. The van der Waals surface area contributed by atoms with E-state index in [1.165, 1.54) is 25.9 Å². The molecule has 26 heavy (non-hydrogen) atoms. The SMILES string of the molecule is CC(C)N1CCCN(C(=S)SSC(=S)N2CCCN(C(C)C)CC2)CC1. The molecule has 0 unspecified atom stereocenters. The quantitative estimate of drug-likeness (QED) is 0.475. The van der Waals surface area contributed by atoms with Gasteiger partial charge in [-0.1, -0.05) is 24.4 Å². The summed E-state index contributed by atoms with van der Waals surface area (Å²) in [5, 5.41) is 0. The van der Waals surface area contributed by atoms with E-state index in [2.05, 4.69) is 47.3 Å². The molecule has 0 atom stereocenters. The molecule has 2 saturated heterocycles. The average Bonchev–Trinajstić information content (AvgIpc) is 3.00. The van der Waals surface area contributed by atoms with E-state index in [-0.39, 0.29) is 0 Å². The van der Waals surface area contributed by atoms with Crippen LogP contribution in [0.3, 0.4) is 0 Å². The van der Waals surface area contributed by atoms with Crippen molar-refractivity contribution in [2.24, 2.45) is 0 Å². The number of hydrogen-bond acceptors (Lipinski definition) is 6. The van der Waals surface area contributed by atoms with Crippen LogP contribution in [-0.2, 0) is 0 Å². The molecule has 4 nitrogen and oxygen atoms in total. The van der Waals surface area contributed by atoms with Crippen LogP contribution in [0.25, 0.3) is 0 Å². The van der Waals surface area contributed by atoms with Crippen LogP contribution in [0.15, 0.2) is 0 Å². The highest BCUT2D eigenvalue weighted by Gasteiger charge is 2.22. The number of nitrogens with zero attached hydrogens (tertiary/aromatic N) is 4. The second-order valence-electron chi connectivity index (χ2n) is 7.64. The van der Waals surface area contributed by atoms with E-state index in [1.807, 2.05) is 0 Å². The van der Waals surface area contributed by atoms with Gasteiger partial charge in [-0.05, 0) is 62.1 Å². The smallest absolute Gasteiger partial charge is 0.147 e. The summed E-state index contributed by atoms with van der Waals surface area (Å²) in [7, 11) is 3.35. The molecule has 0 amide bonds. The van der Waals surface area contributed by atoms with Crippen LogP contribution in [0.5, 0.6) is 0 Å². The Bertz CT molecular complexity index is 430. The molecule has 0 aromatic rings. The molecule has 0 aromatic heterocycles. The Balaban J connectivity index is 1.75. The zero-order valence-electron chi connectivity index (χ0n) is 16.6. The first kappa shape index (κ1) is 22.7. The van der Waals surface area contributed by atoms with Crippen molar-refractivity contribution >= 4 is 54.7 Å². The van der Waals surface area contributed by atoms with Crippen molar-refractivity contribution in [2.45, 2.75) is 52.6 Å². The van der Waals surface area contributed by atoms with Crippen molar-refractivity contribution in [3.05, 3.63) is 0 Å². The van der Waals surface area contributed by atoms with Gasteiger partial charge in [0.2, 0.25) is 0 Å². The third-order valence-electron chi connectivity index (χ3n) is 5.22. The summed E-state index contributed by atoms with van der Waals surface area (Å²) < 4.78 is 1.98. The van der Waals surface area contributed by atoms with Crippen molar-refractivity contribution in [1.82, 2.24) is 19.6 Å². The van der Waals surface area contributed by atoms with Crippen molar-refractivity contribution < 1.29 is 0 Å². The maximum atomic E-state index is 5.70. The fourth-order valence-corrected chi connectivity index (χ4v) is 6.21. The fraction of sp³-hybridized carbons (Fsp3) is 0.889. The summed E-state index contributed by atoms with van der Waals surface area (Å²) in [4.78, 5) is 9.81. The molecular formula is C18H34N4S4. The van der Waals surface area contributed by atoms with Gasteiger partial charge in [-0.25, -0.2) is 0 Å². The topological polar surface area (TPSA) is 13.0 Å². The standard InChI is InChI=1S/C18H34N4S4/c1-15(2)19-7-5-9-21(13-11-19)17(23)25-26-18(24)22-10-6-8-20(12-14-22)16(3)4/h15-16H,5-14H2,1-4H3. The predicted molar refractivity (Wildman–Crippen MR) is 126 cm³/mol. The van der Waals surface area contributed by atoms with Crippen molar-refractivity contribution in [2.75, 3.05) is 52.4 Å². The van der Waals surface area contributed by atoms with Crippen LogP contribution in [0, 0.1) is 0 Å². The maximum Gasteiger partial charge on any atom is 0.147 e. The summed E-state index contributed by atoms with van der Waals surface area (Å²) in [6.07, 6.45) is 2.37. The Hall–Kier alpha value is 0.400. The predicted octanol–water partition coefficient (Wildman–Crippen LogP) is 3.77. The van der Waals surface area contributed by atoms with E-state index in [9.17, 15) is 0 Å². The molecule has 0 aromatic carbocycles. The highest BCUT2D eigenvalue weighted by molar-refractivity contribution is 8.89. The summed E-state index contributed by atoms with van der Waals surface area (Å²) >= 11 is 11.4. The minimum atomic E-state index is 0.617. The molecule has 2 fully saturated rings. The monoisotopic (exact) mass is 434 g/mol. The molecular weight excluding hydrogens is 400 g/mol. The minimum Gasteiger partial charge on any atom is -0.356 e. The van der Waals surface area contributed by atoms with E-state index < -0.39 is 0 Å². The van der Waals surface area contributed by atoms with Gasteiger partial charge in [-0.15, -0.1) is 0 Å². The molecule has 2 rings (SSSR count). The molecule has 2 aliphatic rings. The molecule has 0 saturated carbocycles. The van der Waals surface area contributed by atoms with Crippen LogP contribution in [0.2, 0.25) is 0 Å². The van der Waals surface area contributed by atoms with E-state index >= 15 is 0 Å². The third kappa shape index (κ3) is 7.09. The Morgan fingerprint density at radius 2 is 1.00 bits per heavy atom. The largest absolute Gasteiger partial charge is 0.356 e. The van der Waals surface area contributed by atoms with Crippen LogP contribution < -0.4 is 0 Å². The van der Waals surface area contributed by atoms with Gasteiger partial charge >= 0.3 is 0 Å². The summed E-state index contributed by atoms with van der Waals surface area (Å²) in [5.74, 6) is 0. The molecule has 0 bridgehead atoms. The van der Waals surface area contributed by atoms with E-state index in [1.54, 1.807) is 21.6 Å². The summed E-state index contributed by atoms with van der Waals surface area (Å²) in [5.41, 5.74) is 0. The second-order valence-corrected chi connectivity index (χ2v) is 11.0. The van der Waals surface area contributed by atoms with E-state index in [0.29, 0.717) is 12.1 Å². The minimum absolute atomic E-state index is 0.617. The Morgan fingerprint density at radius 3 is 1.35 bits per heavy atom. The van der Waals surface area contributed by atoms with Gasteiger partial charge < -0.3 is 9.80 Å². The summed E-state index contributed by atoms with van der Waals surface area (Å²) in [6, 6.07) is 1.23. The van der Waals surface area contributed by atoms with Gasteiger partial charge in [-0.3, -0.25) is 9.80 Å². The highest BCUT2D eigenvalue weighted by atomic mass is 33.1.